The molecule has 2 aromatic carbocycles. The first-order valence-electron chi connectivity index (χ1n) is 9.97. The van der Waals surface area contributed by atoms with E-state index in [1.165, 1.54) is 0 Å². The molecule has 1 N–H and O–H groups in total. The van der Waals surface area contributed by atoms with Gasteiger partial charge in [-0.25, -0.2) is 0 Å². The van der Waals surface area contributed by atoms with Crippen molar-refractivity contribution >= 4 is 28.7 Å². The maximum Gasteiger partial charge on any atom is 0.179 e. The first-order chi connectivity index (χ1) is 14.0. The molecule has 0 aliphatic heterocycles. The topological polar surface area (TPSA) is 63.6 Å². The lowest BCUT2D eigenvalue weighted by atomic mass is 9.62. The number of aliphatic hydroxyl groups excluding tert-OH is 1. The lowest BCUT2D eigenvalue weighted by Crippen LogP contribution is -2.48. The summed E-state index contributed by atoms with van der Waals surface area (Å²) >= 11 is 6.10. The molecule has 0 aromatic heterocycles. The highest BCUT2D eigenvalue weighted by Gasteiger charge is 2.53. The van der Waals surface area contributed by atoms with Gasteiger partial charge in [0.05, 0.1) is 23.5 Å². The Kier molecular flexibility index (Phi) is 5.59. The molecular formula is C25H27ClO4. The van der Waals surface area contributed by atoms with Gasteiger partial charge in [0.25, 0.3) is 0 Å². The van der Waals surface area contributed by atoms with Crippen molar-refractivity contribution in [1.82, 2.24) is 0 Å². The number of carbonyl (C=O) groups excluding carboxylic acids is 2. The molecule has 0 heterocycles. The van der Waals surface area contributed by atoms with E-state index in [1.54, 1.807) is 46.9 Å². The number of aryl methyl sites for hydroxylation is 1. The highest BCUT2D eigenvalue weighted by molar-refractivity contribution is 6.34. The Balaban J connectivity index is 2.31. The van der Waals surface area contributed by atoms with Crippen molar-refractivity contribution in [2.45, 2.75) is 41.0 Å². The third kappa shape index (κ3) is 3.33. The lowest BCUT2D eigenvalue weighted by Gasteiger charge is -2.38. The van der Waals surface area contributed by atoms with Crippen LogP contribution >= 0.6 is 11.6 Å². The SMILES string of the molecule is CCc1ccc(-c2ccc(Cl)cc2OC)cc1C1=C(O)C(C)(C)C(=O)C(C)(C)C1=O. The molecule has 0 atom stereocenters. The monoisotopic (exact) mass is 426 g/mol. The molecule has 30 heavy (non-hydrogen) atoms. The number of aliphatic hydroxyl groups is 1. The number of halogens is 1. The van der Waals surface area contributed by atoms with Crippen LogP contribution in [0.3, 0.4) is 0 Å². The molecule has 0 bridgehead atoms. The van der Waals surface area contributed by atoms with Crippen LogP contribution in [0.1, 0.15) is 45.7 Å². The molecule has 158 valence electrons. The number of benzene rings is 2. The summed E-state index contributed by atoms with van der Waals surface area (Å²) in [5.41, 5.74) is 1.07. The minimum absolute atomic E-state index is 0.174. The van der Waals surface area contributed by atoms with Gasteiger partial charge >= 0.3 is 0 Å². The minimum Gasteiger partial charge on any atom is -0.510 e. The maximum absolute atomic E-state index is 13.4. The van der Waals surface area contributed by atoms with E-state index in [0.717, 1.165) is 16.7 Å². The number of ether oxygens (including phenoxy) is 1. The van der Waals surface area contributed by atoms with Gasteiger partial charge in [-0.05, 0) is 75.1 Å². The Hall–Kier alpha value is -2.59. The van der Waals surface area contributed by atoms with E-state index < -0.39 is 10.8 Å². The smallest absolute Gasteiger partial charge is 0.179 e. The normalized spacial score (nSPS) is 18.0. The van der Waals surface area contributed by atoms with Gasteiger partial charge in [-0.3, -0.25) is 9.59 Å². The number of Topliss-reactive ketones (excluding diaryl/α,β-unsaturated/α-hetero) is 2. The van der Waals surface area contributed by atoms with Crippen LogP contribution in [-0.4, -0.2) is 23.8 Å². The second-order valence-corrected chi connectivity index (χ2v) is 9.14. The number of allylic oxidation sites excluding steroid dienone is 2. The molecule has 0 saturated heterocycles. The van der Waals surface area contributed by atoms with Crippen molar-refractivity contribution < 1.29 is 19.4 Å². The molecule has 4 nitrogen and oxygen atoms in total. The number of ketones is 2. The van der Waals surface area contributed by atoms with E-state index in [9.17, 15) is 14.7 Å². The van der Waals surface area contributed by atoms with Crippen LogP contribution < -0.4 is 4.74 Å². The first-order valence-corrected chi connectivity index (χ1v) is 10.3. The maximum atomic E-state index is 13.4. The summed E-state index contributed by atoms with van der Waals surface area (Å²) in [6.07, 6.45) is 0.673. The summed E-state index contributed by atoms with van der Waals surface area (Å²) in [7, 11) is 1.58. The number of hydrogen-bond acceptors (Lipinski definition) is 4. The quantitative estimate of drug-likeness (QED) is 0.604. The summed E-state index contributed by atoms with van der Waals surface area (Å²) in [6.45, 7) is 8.58. The zero-order valence-corrected chi connectivity index (χ0v) is 19.0. The van der Waals surface area contributed by atoms with Gasteiger partial charge in [-0.2, -0.15) is 0 Å². The molecule has 5 heteroatoms. The highest BCUT2D eigenvalue weighted by atomic mass is 35.5. The van der Waals surface area contributed by atoms with Crippen molar-refractivity contribution in [3.63, 3.8) is 0 Å². The van der Waals surface area contributed by atoms with E-state index >= 15 is 0 Å². The Morgan fingerprint density at radius 1 is 0.967 bits per heavy atom. The largest absolute Gasteiger partial charge is 0.510 e. The van der Waals surface area contributed by atoms with Crippen LogP contribution in [0.15, 0.2) is 42.2 Å². The molecule has 0 spiro atoms. The van der Waals surface area contributed by atoms with Gasteiger partial charge in [0.2, 0.25) is 0 Å². The fourth-order valence-corrected chi connectivity index (χ4v) is 4.32. The van der Waals surface area contributed by atoms with Gasteiger partial charge in [-0.1, -0.05) is 30.7 Å². The summed E-state index contributed by atoms with van der Waals surface area (Å²) in [4.78, 5) is 26.2. The Bertz CT molecular complexity index is 1080. The van der Waals surface area contributed by atoms with Gasteiger partial charge in [0.1, 0.15) is 11.5 Å². The third-order valence-corrected chi connectivity index (χ3v) is 6.23. The Morgan fingerprint density at radius 3 is 2.23 bits per heavy atom. The van der Waals surface area contributed by atoms with E-state index in [0.29, 0.717) is 22.8 Å². The standard InChI is InChI=1S/C25H27ClO4/c1-7-14-8-9-15(17-11-10-16(26)13-19(17)30-6)12-18(14)20-21(27)24(2,3)23(29)25(4,5)22(20)28/h8-13,27H,7H2,1-6H3. The molecule has 1 aliphatic carbocycles. The molecular weight excluding hydrogens is 400 g/mol. The van der Waals surface area contributed by atoms with E-state index in [4.69, 9.17) is 16.3 Å². The molecule has 0 saturated carbocycles. The van der Waals surface area contributed by atoms with Crippen LogP contribution in [0.25, 0.3) is 16.7 Å². The highest BCUT2D eigenvalue weighted by Crippen LogP contribution is 2.47. The predicted molar refractivity (Wildman–Crippen MR) is 120 cm³/mol. The Morgan fingerprint density at radius 2 is 1.63 bits per heavy atom. The predicted octanol–water partition coefficient (Wildman–Crippen LogP) is 6.05. The number of methoxy groups -OCH3 is 1. The van der Waals surface area contributed by atoms with Gasteiger partial charge < -0.3 is 9.84 Å². The number of rotatable bonds is 4. The molecule has 0 amide bonds. The average Bonchev–Trinajstić information content (AvgIpc) is 2.72. The van der Waals surface area contributed by atoms with Crippen molar-refractivity contribution in [3.05, 3.63) is 58.3 Å². The van der Waals surface area contributed by atoms with Crippen molar-refractivity contribution in [3.8, 4) is 16.9 Å². The average molecular weight is 427 g/mol. The molecule has 3 rings (SSSR count). The minimum atomic E-state index is -1.22. The van der Waals surface area contributed by atoms with E-state index in [2.05, 4.69) is 0 Å². The van der Waals surface area contributed by atoms with Gasteiger partial charge in [0.15, 0.2) is 11.6 Å². The van der Waals surface area contributed by atoms with Crippen LogP contribution in [0.2, 0.25) is 5.02 Å². The summed E-state index contributed by atoms with van der Waals surface area (Å²) in [5.74, 6) is -0.206. The molecule has 1 aliphatic rings. The van der Waals surface area contributed by atoms with E-state index in [1.807, 2.05) is 31.2 Å². The fraction of sp³-hybridized carbons (Fsp3) is 0.360. The van der Waals surface area contributed by atoms with Gasteiger partial charge in [0, 0.05) is 10.6 Å². The van der Waals surface area contributed by atoms with Crippen LogP contribution in [0.5, 0.6) is 5.75 Å². The van der Waals surface area contributed by atoms with Crippen molar-refractivity contribution in [2.75, 3.05) is 7.11 Å². The summed E-state index contributed by atoms with van der Waals surface area (Å²) < 4.78 is 5.49. The lowest BCUT2D eigenvalue weighted by molar-refractivity contribution is -0.143. The zero-order chi connectivity index (χ0) is 22.4. The Labute approximate surface area is 182 Å². The number of hydrogen-bond donors (Lipinski definition) is 1. The molecule has 0 unspecified atom stereocenters. The van der Waals surface area contributed by atoms with Crippen LogP contribution in [0.4, 0.5) is 0 Å². The van der Waals surface area contributed by atoms with Gasteiger partial charge in [-0.15, -0.1) is 0 Å². The molecule has 0 radical (unpaired) electrons. The van der Waals surface area contributed by atoms with Crippen LogP contribution in [-0.2, 0) is 16.0 Å². The fourth-order valence-electron chi connectivity index (χ4n) is 4.16. The second-order valence-electron chi connectivity index (χ2n) is 8.70. The summed E-state index contributed by atoms with van der Waals surface area (Å²) in [6, 6.07) is 11.2. The third-order valence-electron chi connectivity index (χ3n) is 5.99. The zero-order valence-electron chi connectivity index (χ0n) is 18.2. The summed E-state index contributed by atoms with van der Waals surface area (Å²) in [5, 5.41) is 11.6. The first kappa shape index (κ1) is 22.1. The molecule has 0 fully saturated rings. The number of carbonyl (C=O) groups is 2. The molecule has 2 aromatic rings. The van der Waals surface area contributed by atoms with Crippen LogP contribution in [0, 0.1) is 10.8 Å². The van der Waals surface area contributed by atoms with Crippen molar-refractivity contribution in [1.29, 1.82) is 0 Å². The van der Waals surface area contributed by atoms with Crippen molar-refractivity contribution in [2.24, 2.45) is 10.8 Å². The van der Waals surface area contributed by atoms with E-state index in [-0.39, 0.29) is 22.9 Å². The second kappa shape index (κ2) is 7.59.